The van der Waals surface area contributed by atoms with Crippen LogP contribution in [0.1, 0.15) is 48.6 Å². The van der Waals surface area contributed by atoms with Crippen molar-refractivity contribution in [1.29, 1.82) is 0 Å². The van der Waals surface area contributed by atoms with Crippen molar-refractivity contribution in [2.24, 2.45) is 5.92 Å². The van der Waals surface area contributed by atoms with Crippen molar-refractivity contribution in [2.75, 3.05) is 7.11 Å². The van der Waals surface area contributed by atoms with Crippen LogP contribution in [-0.4, -0.2) is 41.2 Å². The van der Waals surface area contributed by atoms with Gasteiger partial charge in [-0.25, -0.2) is 19.7 Å². The molecule has 0 unspecified atom stereocenters. The third kappa shape index (κ3) is 4.87. The molecule has 0 spiro atoms. The Morgan fingerprint density at radius 1 is 1.07 bits per heavy atom. The summed E-state index contributed by atoms with van der Waals surface area (Å²) in [5.74, 6) is 1.45. The molecular formula is C29H26F3N7O2. The monoisotopic (exact) mass is 561 g/mol. The summed E-state index contributed by atoms with van der Waals surface area (Å²) in [5.41, 5.74) is 3.68. The molecule has 210 valence electrons. The van der Waals surface area contributed by atoms with Crippen LogP contribution < -0.4 is 10.4 Å². The quantitative estimate of drug-likeness (QED) is 0.272. The first-order chi connectivity index (χ1) is 19.8. The number of aromatic amines is 1. The van der Waals surface area contributed by atoms with Gasteiger partial charge in [0.2, 0.25) is 5.88 Å². The lowest BCUT2D eigenvalue weighted by Gasteiger charge is -2.12. The number of imidazole rings is 2. The van der Waals surface area contributed by atoms with E-state index in [0.717, 1.165) is 48.7 Å². The Balaban J connectivity index is 1.22. The molecular weight excluding hydrogens is 535 g/mol. The van der Waals surface area contributed by atoms with Crippen LogP contribution in [0.3, 0.4) is 0 Å². The van der Waals surface area contributed by atoms with Gasteiger partial charge in [-0.2, -0.15) is 13.2 Å². The van der Waals surface area contributed by atoms with Crippen LogP contribution in [0.4, 0.5) is 13.2 Å². The zero-order valence-corrected chi connectivity index (χ0v) is 22.1. The Bertz CT molecular complexity index is 1810. The first-order valence-corrected chi connectivity index (χ1v) is 13.5. The molecule has 2 aliphatic rings. The SMILES string of the molecule is COc1ncnc(C2CC2)c1-c1cc2c(cn1)[nH]c(=O)n2Cc1ccc(-c2nc(C(F)(F)F)cn2CC2CC2)cc1. The number of benzene rings is 1. The van der Waals surface area contributed by atoms with E-state index in [2.05, 4.69) is 24.9 Å². The van der Waals surface area contributed by atoms with E-state index >= 15 is 0 Å². The van der Waals surface area contributed by atoms with Gasteiger partial charge in [-0.05, 0) is 43.2 Å². The van der Waals surface area contributed by atoms with E-state index < -0.39 is 11.9 Å². The highest BCUT2D eigenvalue weighted by molar-refractivity contribution is 5.81. The van der Waals surface area contributed by atoms with Crippen LogP contribution in [0, 0.1) is 5.92 Å². The standard InChI is InChI=1S/C29H26F3N7O2/c1-41-27-24(25(18-8-9-18)34-15-35-27)20-10-22-21(11-33-20)36-28(40)39(22)13-17-4-6-19(7-5-17)26-37-23(29(30,31)32)14-38(26)12-16-2-3-16/h4-7,10-11,14-16,18H,2-3,8-9,12-13H2,1H3,(H,36,40). The number of H-pyrrole nitrogens is 1. The minimum atomic E-state index is -4.51. The fraction of sp³-hybridized carbons (Fsp3) is 0.345. The molecule has 1 aromatic carbocycles. The van der Waals surface area contributed by atoms with E-state index in [-0.39, 0.29) is 12.2 Å². The molecule has 0 aliphatic heterocycles. The maximum Gasteiger partial charge on any atom is 0.434 e. The van der Waals surface area contributed by atoms with E-state index in [9.17, 15) is 18.0 Å². The number of nitrogens with zero attached hydrogens (tertiary/aromatic N) is 6. The summed E-state index contributed by atoms with van der Waals surface area (Å²) in [6.45, 7) is 0.770. The van der Waals surface area contributed by atoms with Crippen LogP contribution in [0.2, 0.25) is 0 Å². The summed E-state index contributed by atoms with van der Waals surface area (Å²) in [6.07, 6.45) is 3.81. The van der Waals surface area contributed by atoms with E-state index in [1.165, 1.54) is 6.33 Å². The predicted octanol–water partition coefficient (Wildman–Crippen LogP) is 5.41. The summed E-state index contributed by atoms with van der Waals surface area (Å²) in [7, 11) is 1.55. The molecule has 9 nitrogen and oxygen atoms in total. The number of aromatic nitrogens is 7. The number of halogens is 3. The summed E-state index contributed by atoms with van der Waals surface area (Å²) in [4.78, 5) is 33.1. The average molecular weight is 562 g/mol. The maximum absolute atomic E-state index is 13.4. The van der Waals surface area contributed by atoms with E-state index in [0.29, 0.717) is 52.4 Å². The van der Waals surface area contributed by atoms with E-state index in [1.807, 2.05) is 18.2 Å². The number of hydrogen-bond acceptors (Lipinski definition) is 6. The van der Waals surface area contributed by atoms with Gasteiger partial charge in [0.1, 0.15) is 12.2 Å². The number of methoxy groups -OCH3 is 1. The van der Waals surface area contributed by atoms with E-state index in [1.54, 1.807) is 34.6 Å². The molecule has 41 heavy (non-hydrogen) atoms. The summed E-state index contributed by atoms with van der Waals surface area (Å²) in [5, 5.41) is 0. The molecule has 2 aliphatic carbocycles. The molecule has 12 heteroatoms. The molecule has 2 fully saturated rings. The molecule has 0 saturated heterocycles. The van der Waals surface area contributed by atoms with Gasteiger partial charge in [-0.15, -0.1) is 0 Å². The van der Waals surface area contributed by atoms with Crippen molar-refractivity contribution in [2.45, 2.75) is 50.9 Å². The second-order valence-electron chi connectivity index (χ2n) is 10.8. The second kappa shape index (κ2) is 9.57. The average Bonchev–Trinajstić information content (AvgIpc) is 3.89. The molecule has 0 bridgehead atoms. The van der Waals surface area contributed by atoms with Gasteiger partial charge in [-0.3, -0.25) is 9.55 Å². The van der Waals surface area contributed by atoms with Gasteiger partial charge < -0.3 is 14.3 Å². The zero-order valence-electron chi connectivity index (χ0n) is 22.1. The van der Waals surface area contributed by atoms with Crippen LogP contribution in [0.15, 0.2) is 53.8 Å². The minimum Gasteiger partial charge on any atom is -0.480 e. The summed E-state index contributed by atoms with van der Waals surface area (Å²) >= 11 is 0. The molecule has 0 radical (unpaired) electrons. The molecule has 0 amide bonds. The second-order valence-corrected chi connectivity index (χ2v) is 10.8. The number of alkyl halides is 3. The molecule has 0 atom stereocenters. The zero-order chi connectivity index (χ0) is 28.3. The van der Waals surface area contributed by atoms with Crippen molar-refractivity contribution in [3.63, 3.8) is 0 Å². The molecule has 1 N–H and O–H groups in total. The number of ether oxygens (including phenoxy) is 1. The number of hydrogen-bond donors (Lipinski definition) is 1. The molecule has 2 saturated carbocycles. The molecule has 4 aromatic heterocycles. The van der Waals surface area contributed by atoms with Gasteiger partial charge in [0, 0.05) is 24.2 Å². The lowest BCUT2D eigenvalue weighted by molar-refractivity contribution is -0.140. The van der Waals surface area contributed by atoms with Gasteiger partial charge in [0.05, 0.1) is 47.8 Å². The topological polar surface area (TPSA) is 104 Å². The molecule has 4 heterocycles. The summed E-state index contributed by atoms with van der Waals surface area (Å²) < 4.78 is 49.0. The lowest BCUT2D eigenvalue weighted by Crippen LogP contribution is -2.17. The largest absolute Gasteiger partial charge is 0.480 e. The first-order valence-electron chi connectivity index (χ1n) is 13.5. The Morgan fingerprint density at radius 3 is 2.54 bits per heavy atom. The van der Waals surface area contributed by atoms with E-state index in [4.69, 9.17) is 4.74 Å². The van der Waals surface area contributed by atoms with Gasteiger partial charge in [-0.1, -0.05) is 24.3 Å². The van der Waals surface area contributed by atoms with Crippen LogP contribution >= 0.6 is 0 Å². The lowest BCUT2D eigenvalue weighted by atomic mass is 10.1. The number of rotatable bonds is 8. The van der Waals surface area contributed by atoms with Crippen molar-refractivity contribution >= 4 is 11.0 Å². The van der Waals surface area contributed by atoms with Gasteiger partial charge in [0.25, 0.3) is 0 Å². The van der Waals surface area contributed by atoms with Crippen LogP contribution in [0.5, 0.6) is 5.88 Å². The normalized spacial score (nSPS) is 15.5. The van der Waals surface area contributed by atoms with Gasteiger partial charge >= 0.3 is 11.9 Å². The Hall–Kier alpha value is -4.48. The highest BCUT2D eigenvalue weighted by Gasteiger charge is 2.36. The maximum atomic E-state index is 13.4. The van der Waals surface area contributed by atoms with Crippen molar-refractivity contribution in [1.82, 2.24) is 34.1 Å². The highest BCUT2D eigenvalue weighted by atomic mass is 19.4. The highest BCUT2D eigenvalue weighted by Crippen LogP contribution is 2.45. The van der Waals surface area contributed by atoms with Crippen molar-refractivity contribution in [3.05, 3.63) is 76.5 Å². The fourth-order valence-electron chi connectivity index (χ4n) is 5.24. The van der Waals surface area contributed by atoms with Crippen molar-refractivity contribution < 1.29 is 17.9 Å². The first kappa shape index (κ1) is 25.5. The minimum absolute atomic E-state index is 0.255. The van der Waals surface area contributed by atoms with Crippen molar-refractivity contribution in [3.8, 4) is 28.5 Å². The number of fused-ring (bicyclic) bond motifs is 1. The Labute approximate surface area is 232 Å². The predicted molar refractivity (Wildman–Crippen MR) is 144 cm³/mol. The van der Waals surface area contributed by atoms with Crippen LogP contribution in [0.25, 0.3) is 33.7 Å². The third-order valence-corrected chi connectivity index (χ3v) is 7.69. The Morgan fingerprint density at radius 2 is 1.85 bits per heavy atom. The number of nitrogens with one attached hydrogen (secondary N) is 1. The third-order valence-electron chi connectivity index (χ3n) is 7.69. The van der Waals surface area contributed by atoms with Crippen LogP contribution in [-0.2, 0) is 19.3 Å². The summed E-state index contributed by atoms with van der Waals surface area (Å²) in [6, 6.07) is 8.96. The molecule has 7 rings (SSSR count). The Kier molecular flexibility index (Phi) is 5.95. The number of pyridine rings is 1. The smallest absolute Gasteiger partial charge is 0.434 e. The molecule has 5 aromatic rings. The van der Waals surface area contributed by atoms with Gasteiger partial charge in [0.15, 0.2) is 5.69 Å². The fourth-order valence-corrected chi connectivity index (χ4v) is 5.24.